The molecule has 0 aliphatic heterocycles. The summed E-state index contributed by atoms with van der Waals surface area (Å²) in [5.74, 6) is -0.861. The molecule has 0 radical (unpaired) electrons. The molecule has 68 valence electrons. The van der Waals surface area contributed by atoms with Gasteiger partial charge in [0.1, 0.15) is 4.34 Å². The van der Waals surface area contributed by atoms with E-state index in [0.29, 0.717) is 4.34 Å². The van der Waals surface area contributed by atoms with Gasteiger partial charge in [-0.15, -0.1) is 11.3 Å². The zero-order valence-corrected chi connectivity index (χ0v) is 7.82. The van der Waals surface area contributed by atoms with Gasteiger partial charge in [-0.1, -0.05) is 11.8 Å². The number of rotatable bonds is 2. The predicted octanol–water partition coefficient (Wildman–Crippen LogP) is 3.11. The number of thiazole rings is 1. The van der Waals surface area contributed by atoms with Crippen LogP contribution in [0.1, 0.15) is 5.69 Å². The second-order valence-corrected chi connectivity index (χ2v) is 4.24. The lowest BCUT2D eigenvalue weighted by Gasteiger charge is -2.02. The molecule has 0 N–H and O–H groups in total. The van der Waals surface area contributed by atoms with Crippen molar-refractivity contribution in [3.05, 3.63) is 11.1 Å². The first kappa shape index (κ1) is 9.85. The highest BCUT2D eigenvalue weighted by Crippen LogP contribution is 2.28. The van der Waals surface area contributed by atoms with Crippen LogP contribution in [0, 0.1) is 6.92 Å². The Morgan fingerprint density at radius 3 is 2.67 bits per heavy atom. The van der Waals surface area contributed by atoms with E-state index < -0.39 is 11.9 Å². The number of aromatic nitrogens is 1. The van der Waals surface area contributed by atoms with Crippen molar-refractivity contribution in [3.8, 4) is 0 Å². The normalized spacial score (nSPS) is 12.0. The number of hydrogen-bond donors (Lipinski definition) is 0. The first-order valence-electron chi connectivity index (χ1n) is 3.09. The van der Waals surface area contributed by atoms with Crippen LogP contribution < -0.4 is 0 Å². The highest BCUT2D eigenvalue weighted by Gasteiger charge is 2.27. The van der Waals surface area contributed by atoms with E-state index in [0.717, 1.165) is 17.5 Å². The van der Waals surface area contributed by atoms with Crippen molar-refractivity contribution in [1.29, 1.82) is 0 Å². The molecule has 1 rings (SSSR count). The van der Waals surface area contributed by atoms with Gasteiger partial charge in [-0.05, 0) is 6.92 Å². The maximum absolute atomic E-state index is 11.7. The summed E-state index contributed by atoms with van der Waals surface area (Å²) in [6.07, 6.45) is -4.11. The number of thioether (sulfide) groups is 1. The van der Waals surface area contributed by atoms with E-state index in [1.165, 1.54) is 11.3 Å². The van der Waals surface area contributed by atoms with Crippen LogP contribution in [-0.4, -0.2) is 16.9 Å². The summed E-state index contributed by atoms with van der Waals surface area (Å²) < 4.78 is 35.6. The fourth-order valence-corrected chi connectivity index (χ4v) is 2.15. The zero-order valence-electron chi connectivity index (χ0n) is 6.18. The van der Waals surface area contributed by atoms with Crippen LogP contribution in [0.25, 0.3) is 0 Å². The summed E-state index contributed by atoms with van der Waals surface area (Å²) in [6.45, 7) is 1.76. The minimum absolute atomic E-state index is 0.477. The van der Waals surface area contributed by atoms with E-state index in [1.807, 2.05) is 0 Å². The van der Waals surface area contributed by atoms with E-state index >= 15 is 0 Å². The van der Waals surface area contributed by atoms with Crippen LogP contribution >= 0.6 is 23.1 Å². The molecular weight excluding hydrogens is 207 g/mol. The Balaban J connectivity index is 2.44. The first-order valence-corrected chi connectivity index (χ1v) is 4.95. The maximum atomic E-state index is 11.7. The Labute approximate surface area is 76.0 Å². The van der Waals surface area contributed by atoms with Gasteiger partial charge in [0.2, 0.25) is 0 Å². The Kier molecular flexibility index (Phi) is 3.00. The van der Waals surface area contributed by atoms with E-state index in [1.54, 1.807) is 12.3 Å². The van der Waals surface area contributed by atoms with Gasteiger partial charge in [0.15, 0.2) is 0 Å². The van der Waals surface area contributed by atoms with E-state index in [9.17, 15) is 13.2 Å². The summed E-state index contributed by atoms with van der Waals surface area (Å²) in [7, 11) is 0. The molecule has 0 bridgehead atoms. The Morgan fingerprint density at radius 2 is 2.25 bits per heavy atom. The Hall–Kier alpha value is -0.230. The van der Waals surface area contributed by atoms with Gasteiger partial charge in [-0.2, -0.15) is 13.2 Å². The Morgan fingerprint density at radius 1 is 1.58 bits per heavy atom. The molecule has 0 saturated heterocycles. The fraction of sp³-hybridized carbons (Fsp3) is 0.500. The Bertz CT molecular complexity index is 256. The standard InChI is InChI=1S/C6H6F3NS2/c1-4-2-11-5(10-4)12-3-6(7,8)9/h2H,3H2,1H3. The van der Waals surface area contributed by atoms with Gasteiger partial charge >= 0.3 is 6.18 Å². The monoisotopic (exact) mass is 213 g/mol. The lowest BCUT2D eigenvalue weighted by atomic mass is 10.6. The molecule has 0 aliphatic carbocycles. The van der Waals surface area contributed by atoms with Crippen LogP contribution in [0.4, 0.5) is 13.2 Å². The molecule has 0 aromatic carbocycles. The number of aryl methyl sites for hydroxylation is 1. The van der Waals surface area contributed by atoms with Gasteiger partial charge in [0.05, 0.1) is 5.75 Å². The van der Waals surface area contributed by atoms with Crippen molar-refractivity contribution >= 4 is 23.1 Å². The van der Waals surface area contributed by atoms with Gasteiger partial charge in [-0.25, -0.2) is 4.98 Å². The van der Waals surface area contributed by atoms with Crippen LogP contribution in [0.15, 0.2) is 9.72 Å². The fourth-order valence-electron chi connectivity index (χ4n) is 0.542. The van der Waals surface area contributed by atoms with E-state index in [-0.39, 0.29) is 0 Å². The minimum atomic E-state index is -4.11. The summed E-state index contributed by atoms with van der Waals surface area (Å²) in [6, 6.07) is 0. The average molecular weight is 213 g/mol. The lowest BCUT2D eigenvalue weighted by molar-refractivity contribution is -0.105. The van der Waals surface area contributed by atoms with Gasteiger partial charge < -0.3 is 0 Å². The van der Waals surface area contributed by atoms with Crippen LogP contribution in [-0.2, 0) is 0 Å². The van der Waals surface area contributed by atoms with E-state index in [4.69, 9.17) is 0 Å². The molecule has 1 nitrogen and oxygen atoms in total. The minimum Gasteiger partial charge on any atom is -0.235 e. The average Bonchev–Trinajstić information content (AvgIpc) is 2.30. The molecule has 0 fully saturated rings. The molecule has 1 heterocycles. The van der Waals surface area contributed by atoms with Gasteiger partial charge in [-0.3, -0.25) is 0 Å². The highest BCUT2D eigenvalue weighted by atomic mass is 32.2. The van der Waals surface area contributed by atoms with Crippen molar-refractivity contribution in [2.24, 2.45) is 0 Å². The molecule has 0 aliphatic rings. The van der Waals surface area contributed by atoms with Crippen molar-refractivity contribution < 1.29 is 13.2 Å². The molecule has 0 atom stereocenters. The first-order chi connectivity index (χ1) is 5.47. The third-order valence-electron chi connectivity index (χ3n) is 0.957. The quantitative estimate of drug-likeness (QED) is 0.700. The van der Waals surface area contributed by atoms with Crippen molar-refractivity contribution in [2.75, 3.05) is 5.75 Å². The topological polar surface area (TPSA) is 12.9 Å². The van der Waals surface area contributed by atoms with Crippen molar-refractivity contribution in [1.82, 2.24) is 4.98 Å². The molecular formula is C6H6F3NS2. The second kappa shape index (κ2) is 3.66. The van der Waals surface area contributed by atoms with Crippen LogP contribution in [0.2, 0.25) is 0 Å². The molecule has 0 saturated carbocycles. The maximum Gasteiger partial charge on any atom is 0.398 e. The number of hydrogen-bond acceptors (Lipinski definition) is 3. The number of nitrogens with zero attached hydrogens (tertiary/aromatic N) is 1. The highest BCUT2D eigenvalue weighted by molar-refractivity contribution is 8.01. The third-order valence-corrected chi connectivity index (χ3v) is 3.16. The summed E-state index contributed by atoms with van der Waals surface area (Å²) in [4.78, 5) is 3.90. The van der Waals surface area contributed by atoms with Gasteiger partial charge in [0.25, 0.3) is 0 Å². The van der Waals surface area contributed by atoms with E-state index in [2.05, 4.69) is 4.98 Å². The zero-order chi connectivity index (χ0) is 9.19. The predicted molar refractivity (Wildman–Crippen MR) is 43.6 cm³/mol. The van der Waals surface area contributed by atoms with Crippen LogP contribution in [0.5, 0.6) is 0 Å². The van der Waals surface area contributed by atoms with Crippen molar-refractivity contribution in [3.63, 3.8) is 0 Å². The second-order valence-electron chi connectivity index (χ2n) is 2.16. The van der Waals surface area contributed by atoms with Crippen molar-refractivity contribution in [2.45, 2.75) is 17.4 Å². The lowest BCUT2D eigenvalue weighted by Crippen LogP contribution is -2.10. The summed E-state index contributed by atoms with van der Waals surface area (Å²) in [5.41, 5.74) is 0.768. The molecule has 1 aromatic rings. The number of halogens is 3. The molecule has 6 heteroatoms. The molecule has 1 aromatic heterocycles. The third kappa shape index (κ3) is 3.44. The van der Waals surface area contributed by atoms with Crippen LogP contribution in [0.3, 0.4) is 0 Å². The molecule has 0 amide bonds. The molecule has 0 spiro atoms. The smallest absolute Gasteiger partial charge is 0.235 e. The largest absolute Gasteiger partial charge is 0.398 e. The SMILES string of the molecule is Cc1csc(SCC(F)(F)F)n1. The number of alkyl halides is 3. The molecule has 0 unspecified atom stereocenters. The van der Waals surface area contributed by atoms with Gasteiger partial charge in [0, 0.05) is 11.1 Å². The molecule has 12 heavy (non-hydrogen) atoms. The summed E-state index contributed by atoms with van der Waals surface area (Å²) in [5, 5.41) is 1.73. The summed E-state index contributed by atoms with van der Waals surface area (Å²) >= 11 is 1.97.